The summed E-state index contributed by atoms with van der Waals surface area (Å²) in [5.41, 5.74) is 1.84. The van der Waals surface area contributed by atoms with E-state index in [9.17, 15) is 30.3 Å². The summed E-state index contributed by atoms with van der Waals surface area (Å²) in [4.78, 5) is 15.5. The van der Waals surface area contributed by atoms with Gasteiger partial charge < -0.3 is 41.3 Å². The summed E-state index contributed by atoms with van der Waals surface area (Å²) in [5.74, 6) is -2.38. The Morgan fingerprint density at radius 3 is 2.71 bits per heavy atom. The summed E-state index contributed by atoms with van der Waals surface area (Å²) >= 11 is 0. The molecule has 2 bridgehead atoms. The fourth-order valence-corrected chi connectivity index (χ4v) is 3.58. The number of nitrogens with two attached hydrogens (primary N) is 1. The van der Waals surface area contributed by atoms with Gasteiger partial charge in [-0.25, -0.2) is 9.79 Å². The predicted octanol–water partition coefficient (Wildman–Crippen LogP) is -4.65. The Kier molecular flexibility index (Phi) is 2.94. The van der Waals surface area contributed by atoms with E-state index in [1.165, 1.54) is 0 Å². The number of aliphatic imine (C=N–C) groups is 1. The maximum Gasteiger partial charge on any atom is 0.338 e. The van der Waals surface area contributed by atoms with E-state index in [0.717, 1.165) is 0 Å². The van der Waals surface area contributed by atoms with Gasteiger partial charge in [-0.3, -0.25) is 0 Å². The van der Waals surface area contributed by atoms with Crippen LogP contribution < -0.4 is 11.1 Å². The topological polar surface area (TPSA) is 178 Å². The van der Waals surface area contributed by atoms with Crippen molar-refractivity contribution < 1.29 is 35.1 Å². The smallest absolute Gasteiger partial charge is 0.338 e. The Balaban J connectivity index is 2.16. The highest BCUT2D eigenvalue weighted by atomic mass is 16.6. The van der Waals surface area contributed by atoms with E-state index in [2.05, 4.69) is 10.3 Å². The van der Waals surface area contributed by atoms with Crippen LogP contribution in [-0.2, 0) is 9.53 Å². The number of ether oxygens (including phenoxy) is 1. The van der Waals surface area contributed by atoms with Gasteiger partial charge in [0.15, 0.2) is 24.4 Å². The summed E-state index contributed by atoms with van der Waals surface area (Å²) in [6.07, 6.45) is -6.56. The first kappa shape index (κ1) is 14.5. The zero-order valence-corrected chi connectivity index (χ0v) is 10.9. The van der Waals surface area contributed by atoms with Crippen LogP contribution >= 0.6 is 0 Å². The highest BCUT2D eigenvalue weighted by Gasteiger charge is 2.71. The molecule has 10 nitrogen and oxygen atoms in total. The molecule has 1 aliphatic carbocycles. The van der Waals surface area contributed by atoms with E-state index in [1.54, 1.807) is 0 Å². The first-order valence-electron chi connectivity index (χ1n) is 6.45. The number of aliphatic hydroxyl groups is 5. The zero-order chi connectivity index (χ0) is 15.6. The van der Waals surface area contributed by atoms with Gasteiger partial charge in [-0.2, -0.15) is 0 Å². The van der Waals surface area contributed by atoms with E-state index in [0.29, 0.717) is 0 Å². The van der Waals surface area contributed by atoms with Crippen LogP contribution in [0.1, 0.15) is 6.42 Å². The second-order valence-electron chi connectivity index (χ2n) is 5.76. The standard InChI is InChI=1S/C11H17N3O7/c12-9-13-7(18)3-1-10(20,2-15)6-4(16)11(3,14-9)5(17)8(19)21-6/h3-7,15-18,20H,1-2H2,(H3,12,13,14)/t3-,4-,5-,6+,7-,10-,11-/m1/s1. The van der Waals surface area contributed by atoms with Gasteiger partial charge in [-0.1, -0.05) is 0 Å². The molecule has 10 heteroatoms. The molecule has 2 fully saturated rings. The van der Waals surface area contributed by atoms with Crippen LogP contribution in [0.5, 0.6) is 0 Å². The number of hydrogen-bond donors (Lipinski definition) is 7. The zero-order valence-electron chi connectivity index (χ0n) is 10.9. The summed E-state index contributed by atoms with van der Waals surface area (Å²) in [5, 5.41) is 53.0. The van der Waals surface area contributed by atoms with Crippen LogP contribution in [0.25, 0.3) is 0 Å². The molecule has 1 saturated carbocycles. The Hall–Kier alpha value is -1.46. The fraction of sp³-hybridized carbons (Fsp3) is 0.818. The summed E-state index contributed by atoms with van der Waals surface area (Å²) < 4.78 is 4.85. The molecule has 0 aromatic rings. The summed E-state index contributed by atoms with van der Waals surface area (Å²) in [6, 6.07) is 0. The number of rotatable bonds is 1. The minimum absolute atomic E-state index is 0.249. The molecule has 0 aromatic carbocycles. The van der Waals surface area contributed by atoms with E-state index in [4.69, 9.17) is 10.5 Å². The molecule has 1 saturated heterocycles. The quantitative estimate of drug-likeness (QED) is 0.234. The summed E-state index contributed by atoms with van der Waals surface area (Å²) in [6.45, 7) is -0.795. The lowest BCUT2D eigenvalue weighted by Crippen LogP contribution is -2.84. The lowest BCUT2D eigenvalue weighted by molar-refractivity contribution is -0.276. The normalized spacial score (nSPS) is 52.3. The number of esters is 1. The minimum Gasteiger partial charge on any atom is -0.454 e. The Bertz CT molecular complexity index is 514. The van der Waals surface area contributed by atoms with Gasteiger partial charge in [0, 0.05) is 5.92 Å². The number of guanidine groups is 1. The molecule has 0 unspecified atom stereocenters. The van der Waals surface area contributed by atoms with Crippen LogP contribution in [-0.4, -0.2) is 79.7 Å². The highest BCUT2D eigenvalue weighted by molar-refractivity contribution is 5.84. The third-order valence-electron chi connectivity index (χ3n) is 4.66. The maximum absolute atomic E-state index is 11.8. The van der Waals surface area contributed by atoms with Crippen LogP contribution in [0.3, 0.4) is 0 Å². The molecular formula is C11H17N3O7. The van der Waals surface area contributed by atoms with Crippen LogP contribution in [0.4, 0.5) is 0 Å². The third kappa shape index (κ3) is 1.64. The fourth-order valence-electron chi connectivity index (χ4n) is 3.58. The molecule has 0 aromatic heterocycles. The van der Waals surface area contributed by atoms with Gasteiger partial charge in [0.2, 0.25) is 0 Å². The maximum atomic E-state index is 11.8. The molecule has 1 spiro atoms. The molecule has 2 heterocycles. The van der Waals surface area contributed by atoms with Crippen molar-refractivity contribution in [3.8, 4) is 0 Å². The largest absolute Gasteiger partial charge is 0.454 e. The second kappa shape index (κ2) is 4.27. The van der Waals surface area contributed by atoms with Gasteiger partial charge in [0.05, 0.1) is 6.61 Å². The lowest BCUT2D eigenvalue weighted by atomic mass is 9.59. The Morgan fingerprint density at radius 2 is 2.10 bits per heavy atom. The lowest BCUT2D eigenvalue weighted by Gasteiger charge is -2.60. The number of nitrogens with zero attached hydrogens (tertiary/aromatic N) is 1. The molecule has 3 aliphatic rings. The van der Waals surface area contributed by atoms with Crippen molar-refractivity contribution >= 4 is 11.9 Å². The van der Waals surface area contributed by atoms with Gasteiger partial charge in [-0.05, 0) is 6.42 Å². The first-order valence-corrected chi connectivity index (χ1v) is 6.45. The Morgan fingerprint density at radius 1 is 1.43 bits per heavy atom. The van der Waals surface area contributed by atoms with E-state index < -0.39 is 54.2 Å². The SMILES string of the molecule is NC1=N[C@H](O)[C@H]2C[C@@](O)(CO)[C@H]3OC(=O)[C@@H](O)[C@]2(N1)[C@@H]3O. The van der Waals surface area contributed by atoms with Gasteiger partial charge in [0.1, 0.15) is 17.2 Å². The van der Waals surface area contributed by atoms with Crippen LogP contribution in [0.15, 0.2) is 4.99 Å². The molecule has 8 N–H and O–H groups in total. The molecular weight excluding hydrogens is 286 g/mol. The molecule has 7 atom stereocenters. The van der Waals surface area contributed by atoms with Crippen molar-refractivity contribution in [2.24, 2.45) is 16.6 Å². The minimum atomic E-state index is -1.95. The molecule has 0 amide bonds. The van der Waals surface area contributed by atoms with E-state index in [1.807, 2.05) is 0 Å². The molecule has 3 rings (SSSR count). The van der Waals surface area contributed by atoms with Crippen LogP contribution in [0.2, 0.25) is 0 Å². The van der Waals surface area contributed by atoms with Crippen LogP contribution in [0, 0.1) is 5.92 Å². The molecule has 118 valence electrons. The van der Waals surface area contributed by atoms with Gasteiger partial charge >= 0.3 is 5.97 Å². The van der Waals surface area contributed by atoms with Crippen molar-refractivity contribution in [2.75, 3.05) is 6.61 Å². The van der Waals surface area contributed by atoms with Crippen molar-refractivity contribution in [2.45, 2.75) is 42.1 Å². The average Bonchev–Trinajstić information content (AvgIpc) is 2.42. The molecule has 21 heavy (non-hydrogen) atoms. The highest BCUT2D eigenvalue weighted by Crippen LogP contribution is 2.48. The number of aliphatic hydroxyl groups excluding tert-OH is 4. The van der Waals surface area contributed by atoms with Crippen molar-refractivity contribution in [3.63, 3.8) is 0 Å². The first-order chi connectivity index (χ1) is 9.76. The van der Waals surface area contributed by atoms with E-state index in [-0.39, 0.29) is 12.4 Å². The van der Waals surface area contributed by atoms with Gasteiger partial charge in [-0.15, -0.1) is 0 Å². The number of fused-ring (bicyclic) bond motifs is 1. The van der Waals surface area contributed by atoms with Crippen molar-refractivity contribution in [1.82, 2.24) is 5.32 Å². The number of hydrogen-bond acceptors (Lipinski definition) is 10. The Labute approximate surface area is 118 Å². The predicted molar refractivity (Wildman–Crippen MR) is 65.5 cm³/mol. The molecule has 2 aliphatic heterocycles. The number of carbonyl (C=O) groups is 1. The summed E-state index contributed by atoms with van der Waals surface area (Å²) in [7, 11) is 0. The van der Waals surface area contributed by atoms with E-state index >= 15 is 0 Å². The monoisotopic (exact) mass is 303 g/mol. The van der Waals surface area contributed by atoms with Gasteiger partial charge in [0.25, 0.3) is 0 Å². The van der Waals surface area contributed by atoms with Crippen molar-refractivity contribution in [3.05, 3.63) is 0 Å². The number of carbonyl (C=O) groups excluding carboxylic acids is 1. The number of nitrogens with one attached hydrogen (secondary N) is 1. The molecule has 0 radical (unpaired) electrons. The second-order valence-corrected chi connectivity index (χ2v) is 5.76. The van der Waals surface area contributed by atoms with Crippen molar-refractivity contribution in [1.29, 1.82) is 0 Å². The average molecular weight is 303 g/mol. The third-order valence-corrected chi connectivity index (χ3v) is 4.66.